The molecule has 2 amide bonds. The number of hydrazine groups is 1. The molecule has 0 aliphatic heterocycles. The number of aryl methyl sites for hydroxylation is 3. The fourth-order valence-corrected chi connectivity index (χ4v) is 2.44. The van der Waals surface area contributed by atoms with Crippen molar-refractivity contribution in [1.82, 2.24) is 25.4 Å². The summed E-state index contributed by atoms with van der Waals surface area (Å²) in [5.41, 5.74) is 8.55. The second-order valence-corrected chi connectivity index (χ2v) is 5.71. The summed E-state index contributed by atoms with van der Waals surface area (Å²) < 4.78 is 6.64. The van der Waals surface area contributed by atoms with Crippen LogP contribution in [0.3, 0.4) is 0 Å². The summed E-state index contributed by atoms with van der Waals surface area (Å²) in [7, 11) is 0. The van der Waals surface area contributed by atoms with E-state index in [1.165, 1.54) is 6.92 Å². The van der Waals surface area contributed by atoms with E-state index in [-0.39, 0.29) is 6.42 Å². The fraction of sp³-hybridized carbons (Fsp3) is 0.438. The second kappa shape index (κ2) is 7.73. The molecule has 0 saturated carbocycles. The van der Waals surface area contributed by atoms with E-state index in [0.717, 1.165) is 28.3 Å². The third kappa shape index (κ3) is 4.75. The van der Waals surface area contributed by atoms with E-state index in [9.17, 15) is 14.4 Å². The lowest BCUT2D eigenvalue weighted by atomic mass is 10.1. The number of rotatable bonds is 5. The molecule has 0 radical (unpaired) electrons. The first-order chi connectivity index (χ1) is 11.8. The van der Waals surface area contributed by atoms with Crippen LogP contribution >= 0.6 is 0 Å². The van der Waals surface area contributed by atoms with Gasteiger partial charge >= 0.3 is 5.97 Å². The fourth-order valence-electron chi connectivity index (χ4n) is 2.44. The van der Waals surface area contributed by atoms with Crippen molar-refractivity contribution in [2.24, 2.45) is 0 Å². The number of nitrogens with zero attached hydrogens (tertiary/aromatic N) is 3. The van der Waals surface area contributed by atoms with Crippen LogP contribution in [0.25, 0.3) is 5.65 Å². The first-order valence-corrected chi connectivity index (χ1v) is 7.81. The van der Waals surface area contributed by atoms with Gasteiger partial charge in [-0.1, -0.05) is 0 Å². The third-order valence-electron chi connectivity index (χ3n) is 3.61. The molecule has 2 rings (SSSR count). The maximum atomic E-state index is 11.8. The van der Waals surface area contributed by atoms with Crippen LogP contribution in [0.4, 0.5) is 0 Å². The predicted octanol–water partition coefficient (Wildman–Crippen LogP) is 0.298. The third-order valence-corrected chi connectivity index (χ3v) is 3.61. The number of amides is 2. The number of nitrogens with one attached hydrogen (secondary N) is 2. The van der Waals surface area contributed by atoms with E-state index in [2.05, 4.69) is 20.9 Å². The van der Waals surface area contributed by atoms with E-state index >= 15 is 0 Å². The Kier molecular flexibility index (Phi) is 5.68. The van der Waals surface area contributed by atoms with Crippen LogP contribution in [-0.4, -0.2) is 39.0 Å². The molecule has 0 bridgehead atoms. The number of esters is 1. The van der Waals surface area contributed by atoms with Gasteiger partial charge in [-0.15, -0.1) is 0 Å². The molecule has 134 valence electrons. The quantitative estimate of drug-likeness (QED) is 0.594. The number of carbonyl (C=O) groups is 3. The van der Waals surface area contributed by atoms with Gasteiger partial charge in [-0.3, -0.25) is 25.2 Å². The molecule has 9 nitrogen and oxygen atoms in total. The highest BCUT2D eigenvalue weighted by Crippen LogP contribution is 2.17. The van der Waals surface area contributed by atoms with Crippen LogP contribution in [0.1, 0.15) is 36.0 Å². The monoisotopic (exact) mass is 347 g/mol. The molecule has 25 heavy (non-hydrogen) atoms. The minimum Gasteiger partial charge on any atom is -0.455 e. The maximum absolute atomic E-state index is 11.8. The molecule has 2 aromatic rings. The largest absolute Gasteiger partial charge is 0.455 e. The lowest BCUT2D eigenvalue weighted by Crippen LogP contribution is -2.42. The molecule has 0 saturated heterocycles. The summed E-state index contributed by atoms with van der Waals surface area (Å²) in [6.07, 6.45) is 0.550. The van der Waals surface area contributed by atoms with Crippen molar-refractivity contribution in [2.75, 3.05) is 6.61 Å². The van der Waals surface area contributed by atoms with Gasteiger partial charge in [0.1, 0.15) is 0 Å². The molecule has 2 aromatic heterocycles. The predicted molar refractivity (Wildman–Crippen MR) is 88.4 cm³/mol. The van der Waals surface area contributed by atoms with Gasteiger partial charge in [-0.05, 0) is 32.8 Å². The van der Waals surface area contributed by atoms with E-state index in [0.29, 0.717) is 6.42 Å². The Morgan fingerprint density at radius 2 is 1.92 bits per heavy atom. The van der Waals surface area contributed by atoms with Crippen LogP contribution in [-0.2, 0) is 25.5 Å². The van der Waals surface area contributed by atoms with Gasteiger partial charge < -0.3 is 4.74 Å². The molecule has 0 spiro atoms. The average molecular weight is 347 g/mol. The number of hydrogen-bond donors (Lipinski definition) is 2. The molecule has 0 fully saturated rings. The summed E-state index contributed by atoms with van der Waals surface area (Å²) >= 11 is 0. The number of aromatic nitrogens is 3. The zero-order valence-electron chi connectivity index (χ0n) is 14.7. The standard InChI is InChI=1S/C16H21N5O4/c1-9-7-14-17-10(2)13(11(3)21(14)20-9)5-6-16(24)25-8-15(23)19-18-12(4)22/h7H,5-6,8H2,1-4H3,(H,18,22)(H,19,23). The lowest BCUT2D eigenvalue weighted by Gasteiger charge is -2.11. The van der Waals surface area contributed by atoms with Crippen LogP contribution < -0.4 is 10.9 Å². The zero-order chi connectivity index (χ0) is 18.6. The Labute approximate surface area is 144 Å². The Hall–Kier alpha value is -2.97. The van der Waals surface area contributed by atoms with Crippen molar-refractivity contribution in [3.05, 3.63) is 28.7 Å². The average Bonchev–Trinajstić information content (AvgIpc) is 2.91. The summed E-state index contributed by atoms with van der Waals surface area (Å²) in [6, 6.07) is 1.89. The Morgan fingerprint density at radius 1 is 1.20 bits per heavy atom. The molecule has 0 aromatic carbocycles. The molecule has 0 unspecified atom stereocenters. The number of hydrogen-bond acceptors (Lipinski definition) is 6. The van der Waals surface area contributed by atoms with Gasteiger partial charge in [-0.25, -0.2) is 9.50 Å². The molecule has 0 atom stereocenters. The molecular formula is C16H21N5O4. The molecule has 9 heteroatoms. The van der Waals surface area contributed by atoms with Crippen molar-refractivity contribution < 1.29 is 19.1 Å². The topological polar surface area (TPSA) is 115 Å². The van der Waals surface area contributed by atoms with Gasteiger partial charge in [0.05, 0.1) is 5.69 Å². The molecule has 2 N–H and O–H groups in total. The highest BCUT2D eigenvalue weighted by molar-refractivity contribution is 5.83. The number of ether oxygens (including phenoxy) is 1. The summed E-state index contributed by atoms with van der Waals surface area (Å²) in [6.45, 7) is 6.51. The van der Waals surface area contributed by atoms with Gasteiger partial charge in [0, 0.05) is 30.8 Å². The van der Waals surface area contributed by atoms with E-state index in [1.54, 1.807) is 4.52 Å². The SMILES string of the molecule is CC(=O)NNC(=O)COC(=O)CCc1c(C)nc2cc(C)nn2c1C. The smallest absolute Gasteiger partial charge is 0.306 e. The lowest BCUT2D eigenvalue weighted by molar-refractivity contribution is -0.148. The van der Waals surface area contributed by atoms with E-state index in [4.69, 9.17) is 4.74 Å². The molecular weight excluding hydrogens is 326 g/mol. The second-order valence-electron chi connectivity index (χ2n) is 5.71. The van der Waals surface area contributed by atoms with Crippen molar-refractivity contribution in [1.29, 1.82) is 0 Å². The van der Waals surface area contributed by atoms with E-state index in [1.807, 2.05) is 26.8 Å². The summed E-state index contributed by atoms with van der Waals surface area (Å²) in [5, 5.41) is 4.39. The summed E-state index contributed by atoms with van der Waals surface area (Å²) in [4.78, 5) is 38.3. The van der Waals surface area contributed by atoms with Crippen LogP contribution in [0, 0.1) is 20.8 Å². The van der Waals surface area contributed by atoms with Crippen LogP contribution in [0.2, 0.25) is 0 Å². The van der Waals surface area contributed by atoms with Gasteiger partial charge in [-0.2, -0.15) is 5.10 Å². The van der Waals surface area contributed by atoms with Gasteiger partial charge in [0.15, 0.2) is 12.3 Å². The minimum absolute atomic E-state index is 0.114. The van der Waals surface area contributed by atoms with E-state index < -0.39 is 24.4 Å². The summed E-state index contributed by atoms with van der Waals surface area (Å²) in [5.74, 6) is -1.53. The van der Waals surface area contributed by atoms with Crippen molar-refractivity contribution in [2.45, 2.75) is 40.5 Å². The minimum atomic E-state index is -0.606. The van der Waals surface area contributed by atoms with Gasteiger partial charge in [0.25, 0.3) is 5.91 Å². The Morgan fingerprint density at radius 3 is 2.60 bits per heavy atom. The number of fused-ring (bicyclic) bond motifs is 1. The maximum Gasteiger partial charge on any atom is 0.306 e. The molecule has 0 aliphatic rings. The first kappa shape index (κ1) is 18.4. The molecule has 0 aliphatic carbocycles. The Bertz CT molecular complexity index is 828. The first-order valence-electron chi connectivity index (χ1n) is 7.81. The highest BCUT2D eigenvalue weighted by atomic mass is 16.5. The van der Waals surface area contributed by atoms with Gasteiger partial charge in [0.2, 0.25) is 5.91 Å². The zero-order valence-corrected chi connectivity index (χ0v) is 14.7. The van der Waals surface area contributed by atoms with Crippen molar-refractivity contribution >= 4 is 23.4 Å². The highest BCUT2D eigenvalue weighted by Gasteiger charge is 2.14. The van der Waals surface area contributed by atoms with Crippen LogP contribution in [0.15, 0.2) is 6.07 Å². The van der Waals surface area contributed by atoms with Crippen LogP contribution in [0.5, 0.6) is 0 Å². The normalized spacial score (nSPS) is 10.6. The van der Waals surface area contributed by atoms with Crippen molar-refractivity contribution in [3.8, 4) is 0 Å². The van der Waals surface area contributed by atoms with Crippen molar-refractivity contribution in [3.63, 3.8) is 0 Å². The Balaban J connectivity index is 1.92. The number of carbonyl (C=O) groups excluding carboxylic acids is 3. The molecule has 2 heterocycles.